The number of aromatic nitrogens is 1. The first-order valence-corrected chi connectivity index (χ1v) is 13.8. The van der Waals surface area contributed by atoms with Crippen LogP contribution < -0.4 is 9.54 Å². The highest BCUT2D eigenvalue weighted by molar-refractivity contribution is 7.89. The Hall–Kier alpha value is -2.42. The topological polar surface area (TPSA) is 63.9 Å². The molecule has 1 aliphatic heterocycles. The van der Waals surface area contributed by atoms with Gasteiger partial charge in [0.25, 0.3) is 0 Å². The van der Waals surface area contributed by atoms with Crippen LogP contribution in [0.5, 0.6) is 5.75 Å². The van der Waals surface area contributed by atoms with Crippen LogP contribution in [0.2, 0.25) is 0 Å². The minimum absolute atomic E-state index is 0.359. The summed E-state index contributed by atoms with van der Waals surface area (Å²) in [7, 11) is -3.41. The van der Waals surface area contributed by atoms with Gasteiger partial charge in [-0.25, -0.2) is 13.4 Å². The van der Waals surface area contributed by atoms with Gasteiger partial charge in [0, 0.05) is 25.0 Å². The van der Waals surface area contributed by atoms with E-state index in [4.69, 9.17) is 9.73 Å². The Morgan fingerprint density at radius 2 is 1.70 bits per heavy atom. The van der Waals surface area contributed by atoms with Gasteiger partial charge in [-0.15, -0.1) is 11.3 Å². The Bertz CT molecular complexity index is 1240. The Labute approximate surface area is 200 Å². The zero-order valence-corrected chi connectivity index (χ0v) is 21.0. The van der Waals surface area contributed by atoms with Gasteiger partial charge in [-0.3, -0.25) is 0 Å². The number of hydrogen-bond acceptors (Lipinski definition) is 5. The van der Waals surface area contributed by atoms with E-state index in [1.807, 2.05) is 43.3 Å². The summed E-state index contributed by atoms with van der Waals surface area (Å²) in [6.07, 6.45) is 1.87. The van der Waals surface area contributed by atoms with Crippen molar-refractivity contribution in [2.24, 2.45) is 10.9 Å². The lowest BCUT2D eigenvalue weighted by Gasteiger charge is -2.16. The number of benzene rings is 2. The normalized spacial score (nSPS) is 15.5. The van der Waals surface area contributed by atoms with Crippen molar-refractivity contribution in [3.8, 4) is 17.0 Å². The van der Waals surface area contributed by atoms with E-state index in [1.54, 1.807) is 27.8 Å². The molecule has 1 aliphatic rings. The predicted octanol–water partition coefficient (Wildman–Crippen LogP) is 5.29. The first-order valence-electron chi connectivity index (χ1n) is 11.4. The summed E-state index contributed by atoms with van der Waals surface area (Å²) in [5.74, 6) is 1.27. The molecule has 176 valence electrons. The molecule has 1 aromatic heterocycles. The van der Waals surface area contributed by atoms with Crippen molar-refractivity contribution in [3.05, 3.63) is 58.7 Å². The van der Waals surface area contributed by atoms with E-state index in [2.05, 4.69) is 23.8 Å². The summed E-state index contributed by atoms with van der Waals surface area (Å²) in [4.78, 5) is 6.15. The molecule has 1 fully saturated rings. The van der Waals surface area contributed by atoms with E-state index in [0.29, 0.717) is 30.5 Å². The van der Waals surface area contributed by atoms with Crippen molar-refractivity contribution in [3.63, 3.8) is 0 Å². The number of thiazole rings is 1. The molecular formula is C25H31N3O3S2. The molecule has 33 heavy (non-hydrogen) atoms. The largest absolute Gasteiger partial charge is 0.494 e. The number of sulfonamides is 1. The molecule has 0 unspecified atom stereocenters. The molecule has 0 atom stereocenters. The smallest absolute Gasteiger partial charge is 0.243 e. The van der Waals surface area contributed by atoms with Crippen LogP contribution in [-0.2, 0) is 16.6 Å². The molecule has 2 heterocycles. The number of hydrogen-bond donors (Lipinski definition) is 0. The van der Waals surface area contributed by atoms with Crippen molar-refractivity contribution < 1.29 is 13.2 Å². The van der Waals surface area contributed by atoms with Crippen molar-refractivity contribution in [2.75, 3.05) is 19.7 Å². The third-order valence-electron chi connectivity index (χ3n) is 5.57. The molecule has 0 radical (unpaired) electrons. The molecule has 4 rings (SSSR count). The zero-order chi connectivity index (χ0) is 23.4. The lowest BCUT2D eigenvalue weighted by Crippen LogP contribution is -2.27. The summed E-state index contributed by atoms with van der Waals surface area (Å²) in [6.45, 7) is 9.01. The molecule has 3 aromatic rings. The van der Waals surface area contributed by atoms with Gasteiger partial charge in [0.05, 0.1) is 22.9 Å². The molecular weight excluding hydrogens is 454 g/mol. The average molecular weight is 486 g/mol. The molecule has 2 aromatic carbocycles. The highest BCUT2D eigenvalue weighted by Crippen LogP contribution is 2.26. The lowest BCUT2D eigenvalue weighted by atomic mass is 10.1. The fourth-order valence-electron chi connectivity index (χ4n) is 3.96. The zero-order valence-electron chi connectivity index (χ0n) is 19.4. The first-order chi connectivity index (χ1) is 15.9. The summed E-state index contributed by atoms with van der Waals surface area (Å²) in [5, 5.41) is 2.10. The molecule has 8 heteroatoms. The lowest BCUT2D eigenvalue weighted by molar-refractivity contribution is 0.340. The second-order valence-corrected chi connectivity index (χ2v) is 11.4. The Morgan fingerprint density at radius 1 is 1.03 bits per heavy atom. The summed E-state index contributed by atoms with van der Waals surface area (Å²) < 4.78 is 35.1. The molecule has 0 aliphatic carbocycles. The fraction of sp³-hybridized carbons (Fsp3) is 0.400. The minimum atomic E-state index is -3.41. The third kappa shape index (κ3) is 5.39. The van der Waals surface area contributed by atoms with E-state index < -0.39 is 10.0 Å². The molecule has 0 N–H and O–H groups in total. The van der Waals surface area contributed by atoms with Crippen LogP contribution in [0.4, 0.5) is 5.69 Å². The number of ether oxygens (including phenoxy) is 1. The van der Waals surface area contributed by atoms with E-state index in [0.717, 1.165) is 46.9 Å². The van der Waals surface area contributed by atoms with Gasteiger partial charge in [0.1, 0.15) is 5.75 Å². The maximum Gasteiger partial charge on any atom is 0.243 e. The standard InChI is InChI=1S/C25H31N3O3S2/c1-4-31-22-11-9-21(10-12-22)26-25-28(17-19(2)3)24(18-32-25)20-7-13-23(14-8-20)33(29,30)27-15-5-6-16-27/h7-14,18-19H,4-6,15-17H2,1-3H3. The van der Waals surface area contributed by atoms with Crippen LogP contribution in [0, 0.1) is 5.92 Å². The Balaban J connectivity index is 1.67. The highest BCUT2D eigenvalue weighted by Gasteiger charge is 2.27. The van der Waals surface area contributed by atoms with Crippen molar-refractivity contribution in [2.45, 2.75) is 45.1 Å². The van der Waals surface area contributed by atoms with Gasteiger partial charge in [-0.1, -0.05) is 26.0 Å². The summed E-state index contributed by atoms with van der Waals surface area (Å²) in [6, 6.07) is 15.1. The van der Waals surface area contributed by atoms with Gasteiger partial charge in [0.2, 0.25) is 10.0 Å². The fourth-order valence-corrected chi connectivity index (χ4v) is 6.42. The van der Waals surface area contributed by atoms with Crippen LogP contribution >= 0.6 is 11.3 Å². The van der Waals surface area contributed by atoms with Gasteiger partial charge in [0.15, 0.2) is 4.80 Å². The third-order valence-corrected chi connectivity index (χ3v) is 8.35. The molecule has 0 amide bonds. The van der Waals surface area contributed by atoms with Crippen LogP contribution in [0.25, 0.3) is 11.3 Å². The van der Waals surface area contributed by atoms with E-state index >= 15 is 0 Å². The van der Waals surface area contributed by atoms with E-state index in [9.17, 15) is 8.42 Å². The van der Waals surface area contributed by atoms with Gasteiger partial charge in [-0.2, -0.15) is 4.31 Å². The maximum absolute atomic E-state index is 12.9. The second-order valence-electron chi connectivity index (χ2n) is 8.58. The maximum atomic E-state index is 12.9. The number of nitrogens with zero attached hydrogens (tertiary/aromatic N) is 3. The van der Waals surface area contributed by atoms with Crippen molar-refractivity contribution >= 4 is 27.0 Å². The SMILES string of the molecule is CCOc1ccc(N=c2scc(-c3ccc(S(=O)(=O)N4CCCC4)cc3)n2CC(C)C)cc1. The van der Waals surface area contributed by atoms with Crippen LogP contribution in [-0.4, -0.2) is 37.0 Å². The quantitative estimate of drug-likeness (QED) is 0.436. The second kappa shape index (κ2) is 10.2. The van der Waals surface area contributed by atoms with E-state index in [-0.39, 0.29) is 0 Å². The molecule has 6 nitrogen and oxygen atoms in total. The Morgan fingerprint density at radius 3 is 2.30 bits per heavy atom. The van der Waals surface area contributed by atoms with Crippen molar-refractivity contribution in [1.82, 2.24) is 8.87 Å². The first kappa shape index (κ1) is 23.7. The van der Waals surface area contributed by atoms with Gasteiger partial charge < -0.3 is 9.30 Å². The predicted molar refractivity (Wildman–Crippen MR) is 133 cm³/mol. The number of rotatable bonds is 8. The van der Waals surface area contributed by atoms with E-state index in [1.165, 1.54) is 0 Å². The van der Waals surface area contributed by atoms with Crippen LogP contribution in [0.3, 0.4) is 0 Å². The monoisotopic (exact) mass is 485 g/mol. The molecule has 1 saturated heterocycles. The van der Waals surface area contributed by atoms with Crippen LogP contribution in [0.15, 0.2) is 63.8 Å². The average Bonchev–Trinajstić information content (AvgIpc) is 3.47. The Kier molecular flexibility index (Phi) is 7.36. The highest BCUT2D eigenvalue weighted by atomic mass is 32.2. The molecule has 0 saturated carbocycles. The van der Waals surface area contributed by atoms with Gasteiger partial charge >= 0.3 is 0 Å². The molecule has 0 bridgehead atoms. The van der Waals surface area contributed by atoms with Gasteiger partial charge in [-0.05, 0) is 67.6 Å². The van der Waals surface area contributed by atoms with Crippen LogP contribution in [0.1, 0.15) is 33.6 Å². The minimum Gasteiger partial charge on any atom is -0.494 e. The molecule has 0 spiro atoms. The summed E-state index contributed by atoms with van der Waals surface area (Å²) in [5.41, 5.74) is 2.90. The van der Waals surface area contributed by atoms with Crippen molar-refractivity contribution in [1.29, 1.82) is 0 Å². The summed E-state index contributed by atoms with van der Waals surface area (Å²) >= 11 is 1.59.